The Morgan fingerprint density at radius 3 is 2.60 bits per heavy atom. The Balaban J connectivity index is 1.46. The molecule has 1 aromatic carbocycles. The normalized spacial score (nSPS) is 13.3. The molecule has 0 amide bonds. The molecule has 220 valence electrons. The van der Waals surface area contributed by atoms with Crippen LogP contribution >= 0.6 is 34.3 Å². The van der Waals surface area contributed by atoms with Gasteiger partial charge in [-0.2, -0.15) is 21.1 Å². The van der Waals surface area contributed by atoms with Crippen LogP contribution in [0, 0.1) is 5.82 Å². The molecule has 0 bridgehead atoms. The van der Waals surface area contributed by atoms with Crippen molar-refractivity contribution in [3.63, 3.8) is 0 Å². The Bertz CT molecular complexity index is 1840. The van der Waals surface area contributed by atoms with Crippen molar-refractivity contribution in [2.24, 2.45) is 0 Å². The second kappa shape index (κ2) is 12.6. The number of Topliss-reactive ketones (excluding diaryl/α,β-unsaturated/α-hetero) is 1. The molecule has 1 aliphatic rings. The molecule has 0 atom stereocenters. The van der Waals surface area contributed by atoms with Crippen LogP contribution in [-0.2, 0) is 17.8 Å². The minimum absolute atomic E-state index is 0.140. The standard InChI is InChI=1S/C30H25ClFN5O4S2/c31-26-7-5-20(43-26)16-33-27-15-24(34-37(27)30(40)21-3-1-2-4-23(21)32)22-6-8-28(39)36(17-25(38)19-9-14-42-18-19)29(22)35-10-12-41-13-11-35/h1-9,14-15,18,33H,10-13,16-17H2. The first-order valence-corrected chi connectivity index (χ1v) is 15.5. The fourth-order valence-electron chi connectivity index (χ4n) is 4.86. The van der Waals surface area contributed by atoms with Gasteiger partial charge in [-0.1, -0.05) is 23.7 Å². The zero-order valence-electron chi connectivity index (χ0n) is 22.7. The Kier molecular flexibility index (Phi) is 8.52. The van der Waals surface area contributed by atoms with Gasteiger partial charge in [0.05, 0.1) is 41.9 Å². The number of ether oxygens (including phenoxy) is 1. The van der Waals surface area contributed by atoms with E-state index in [0.717, 1.165) is 9.56 Å². The summed E-state index contributed by atoms with van der Waals surface area (Å²) < 4.78 is 23.4. The van der Waals surface area contributed by atoms with Crippen LogP contribution in [0.2, 0.25) is 4.34 Å². The Morgan fingerprint density at radius 1 is 1.07 bits per heavy atom. The largest absolute Gasteiger partial charge is 0.378 e. The number of aromatic nitrogens is 3. The predicted octanol–water partition coefficient (Wildman–Crippen LogP) is 5.65. The number of carbonyl (C=O) groups excluding carboxylic acids is 2. The number of hydrogen-bond donors (Lipinski definition) is 1. The molecule has 13 heteroatoms. The van der Waals surface area contributed by atoms with Crippen LogP contribution in [-0.4, -0.2) is 52.3 Å². The van der Waals surface area contributed by atoms with Crippen LogP contribution in [0.4, 0.5) is 16.0 Å². The zero-order chi connectivity index (χ0) is 29.9. The van der Waals surface area contributed by atoms with Gasteiger partial charge in [0.25, 0.3) is 11.5 Å². The first-order valence-electron chi connectivity index (χ1n) is 13.4. The van der Waals surface area contributed by atoms with Crippen molar-refractivity contribution in [3.8, 4) is 11.3 Å². The molecule has 0 spiro atoms. The summed E-state index contributed by atoms with van der Waals surface area (Å²) in [5.41, 5.74) is 0.953. The second-order valence-corrected chi connectivity index (χ2v) is 12.3. The number of morpholine rings is 1. The summed E-state index contributed by atoms with van der Waals surface area (Å²) in [5, 5.41) is 11.4. The SMILES string of the molecule is O=C(Cn1c(N2CCOCC2)c(-c2cc(NCc3ccc(Cl)s3)n(C(=O)c3ccccc3F)n2)ccc1=O)c1ccsc1. The first kappa shape index (κ1) is 29.0. The average molecular weight is 638 g/mol. The third kappa shape index (κ3) is 6.18. The summed E-state index contributed by atoms with van der Waals surface area (Å²) in [6, 6.07) is 15.8. The van der Waals surface area contributed by atoms with Gasteiger partial charge in [-0.25, -0.2) is 4.39 Å². The number of anilines is 2. The molecule has 1 aliphatic heterocycles. The minimum atomic E-state index is -0.671. The highest BCUT2D eigenvalue weighted by atomic mass is 35.5. The van der Waals surface area contributed by atoms with Gasteiger partial charge >= 0.3 is 0 Å². The van der Waals surface area contributed by atoms with Crippen LogP contribution in [0.1, 0.15) is 25.6 Å². The van der Waals surface area contributed by atoms with Gasteiger partial charge in [-0.05, 0) is 41.8 Å². The van der Waals surface area contributed by atoms with Crippen LogP contribution in [0.3, 0.4) is 0 Å². The Hall–Kier alpha value is -4.10. The molecule has 0 saturated carbocycles. The van der Waals surface area contributed by atoms with Crippen LogP contribution in [0.25, 0.3) is 11.3 Å². The molecule has 1 fully saturated rings. The summed E-state index contributed by atoms with van der Waals surface area (Å²) in [6.07, 6.45) is 0. The number of nitrogens with zero attached hydrogens (tertiary/aromatic N) is 4. The van der Waals surface area contributed by atoms with Crippen molar-refractivity contribution in [2.45, 2.75) is 13.1 Å². The number of carbonyl (C=O) groups is 2. The van der Waals surface area contributed by atoms with Gasteiger partial charge in [-0.15, -0.1) is 11.3 Å². The van der Waals surface area contributed by atoms with Gasteiger partial charge in [0.1, 0.15) is 17.5 Å². The van der Waals surface area contributed by atoms with E-state index in [2.05, 4.69) is 10.4 Å². The van der Waals surface area contributed by atoms with Crippen molar-refractivity contribution in [1.82, 2.24) is 14.3 Å². The molecule has 1 N–H and O–H groups in total. The van der Waals surface area contributed by atoms with Crippen molar-refractivity contribution in [3.05, 3.63) is 108 Å². The van der Waals surface area contributed by atoms with Gasteiger partial charge < -0.3 is 15.0 Å². The average Bonchev–Trinajstić information content (AvgIpc) is 3.79. The Labute approximate surface area is 258 Å². The van der Waals surface area contributed by atoms with E-state index in [0.29, 0.717) is 65.6 Å². The van der Waals surface area contributed by atoms with Crippen LogP contribution in [0.15, 0.2) is 76.2 Å². The number of halogens is 2. The fraction of sp³-hybridized carbons (Fsp3) is 0.200. The second-order valence-electron chi connectivity index (χ2n) is 9.70. The van der Waals surface area contributed by atoms with Crippen LogP contribution < -0.4 is 15.8 Å². The van der Waals surface area contributed by atoms with Crippen molar-refractivity contribution in [2.75, 3.05) is 36.5 Å². The highest BCUT2D eigenvalue weighted by Crippen LogP contribution is 2.33. The third-order valence-corrected chi connectivity index (χ3v) is 8.88. The number of thiophene rings is 2. The minimum Gasteiger partial charge on any atom is -0.378 e. The smallest absolute Gasteiger partial charge is 0.283 e. The van der Waals surface area contributed by atoms with E-state index in [-0.39, 0.29) is 23.5 Å². The number of nitrogens with one attached hydrogen (secondary N) is 1. The number of benzene rings is 1. The fourth-order valence-corrected chi connectivity index (χ4v) is 6.55. The molecule has 0 unspecified atom stereocenters. The molecular formula is C30H25ClFN5O4S2. The highest BCUT2D eigenvalue weighted by molar-refractivity contribution is 7.16. The summed E-state index contributed by atoms with van der Waals surface area (Å²) in [4.78, 5) is 42.9. The van der Waals surface area contributed by atoms with E-state index in [1.807, 2.05) is 16.3 Å². The number of hydrogen-bond acceptors (Lipinski definition) is 9. The van der Waals surface area contributed by atoms with Gasteiger partial charge in [-0.3, -0.25) is 19.0 Å². The maximum atomic E-state index is 14.7. The summed E-state index contributed by atoms with van der Waals surface area (Å²) in [7, 11) is 0. The van der Waals surface area contributed by atoms with Gasteiger partial charge in [0.15, 0.2) is 5.78 Å². The maximum Gasteiger partial charge on any atom is 0.283 e. The quantitative estimate of drug-likeness (QED) is 0.209. The first-order chi connectivity index (χ1) is 20.9. The molecular weight excluding hydrogens is 613 g/mol. The maximum absolute atomic E-state index is 14.7. The van der Waals surface area contributed by atoms with E-state index in [1.54, 1.807) is 35.7 Å². The molecule has 9 nitrogen and oxygen atoms in total. The summed E-state index contributed by atoms with van der Waals surface area (Å²) in [6.45, 7) is 2.03. The topological polar surface area (TPSA) is 98.5 Å². The van der Waals surface area contributed by atoms with E-state index >= 15 is 0 Å². The molecule has 0 aliphatic carbocycles. The molecule has 1 saturated heterocycles. The van der Waals surface area contributed by atoms with Gasteiger partial charge in [0.2, 0.25) is 0 Å². The lowest BCUT2D eigenvalue weighted by Gasteiger charge is -2.32. The van der Waals surface area contributed by atoms with Crippen molar-refractivity contribution >= 4 is 57.6 Å². The molecule has 43 heavy (non-hydrogen) atoms. The van der Waals surface area contributed by atoms with E-state index in [4.69, 9.17) is 16.3 Å². The lowest BCUT2D eigenvalue weighted by atomic mass is 10.1. The zero-order valence-corrected chi connectivity index (χ0v) is 25.1. The molecule has 4 aromatic heterocycles. The van der Waals surface area contributed by atoms with Crippen molar-refractivity contribution in [1.29, 1.82) is 0 Å². The lowest BCUT2D eigenvalue weighted by Crippen LogP contribution is -2.40. The molecule has 5 heterocycles. The van der Waals surface area contributed by atoms with E-state index in [9.17, 15) is 18.8 Å². The number of ketones is 1. The monoisotopic (exact) mass is 637 g/mol. The third-order valence-electron chi connectivity index (χ3n) is 6.97. The van der Waals surface area contributed by atoms with Crippen LogP contribution in [0.5, 0.6) is 0 Å². The lowest BCUT2D eigenvalue weighted by molar-refractivity contribution is 0.0941. The molecule has 0 radical (unpaired) electrons. The summed E-state index contributed by atoms with van der Waals surface area (Å²) in [5.74, 6) is -0.709. The predicted molar refractivity (Wildman–Crippen MR) is 166 cm³/mol. The van der Waals surface area contributed by atoms with E-state index in [1.165, 1.54) is 51.5 Å². The highest BCUT2D eigenvalue weighted by Gasteiger charge is 2.26. The number of pyridine rings is 1. The van der Waals surface area contributed by atoms with Gasteiger partial charge in [0, 0.05) is 46.6 Å². The van der Waals surface area contributed by atoms with Crippen molar-refractivity contribution < 1.29 is 18.7 Å². The van der Waals surface area contributed by atoms with E-state index < -0.39 is 11.7 Å². The molecule has 5 aromatic rings. The summed E-state index contributed by atoms with van der Waals surface area (Å²) >= 11 is 8.90. The Morgan fingerprint density at radius 2 is 1.88 bits per heavy atom. The molecule has 6 rings (SSSR count). The number of rotatable bonds is 9.